The second kappa shape index (κ2) is 10.2. The zero-order valence-electron chi connectivity index (χ0n) is 12.6. The molecule has 0 atom stereocenters. The number of hydrogen-bond acceptors (Lipinski definition) is 2. The Morgan fingerprint density at radius 3 is 1.60 bits per heavy atom. The molecule has 0 aliphatic rings. The zero-order chi connectivity index (χ0) is 14.6. The second-order valence-electron chi connectivity index (χ2n) is 5.06. The van der Waals surface area contributed by atoms with E-state index < -0.39 is 0 Å². The summed E-state index contributed by atoms with van der Waals surface area (Å²) in [5.41, 5.74) is 8.10. The molecule has 108 valence electrons. The van der Waals surface area contributed by atoms with Crippen LogP contribution in [0, 0.1) is 0 Å². The fraction of sp³-hybridized carbons (Fsp3) is 0.333. The molecule has 0 aromatic heterocycles. The highest BCUT2D eigenvalue weighted by atomic mass is 15.0. The van der Waals surface area contributed by atoms with Crippen molar-refractivity contribution >= 4 is 0 Å². The maximum absolute atomic E-state index is 5.36. The van der Waals surface area contributed by atoms with Crippen molar-refractivity contribution < 1.29 is 0 Å². The van der Waals surface area contributed by atoms with E-state index in [-0.39, 0.29) is 0 Å². The van der Waals surface area contributed by atoms with Gasteiger partial charge in [-0.1, -0.05) is 60.7 Å². The molecule has 0 aliphatic heterocycles. The van der Waals surface area contributed by atoms with Gasteiger partial charge in [-0.25, -0.2) is 0 Å². The third-order valence-corrected chi connectivity index (χ3v) is 2.97. The molecule has 0 amide bonds. The summed E-state index contributed by atoms with van der Waals surface area (Å²) in [5.74, 6) is 0. The third-order valence-electron chi connectivity index (χ3n) is 2.97. The topological polar surface area (TPSA) is 29.3 Å². The molecule has 2 N–H and O–H groups in total. The second-order valence-corrected chi connectivity index (χ2v) is 5.06. The molecule has 20 heavy (non-hydrogen) atoms. The van der Waals surface area contributed by atoms with Gasteiger partial charge in [0.15, 0.2) is 0 Å². The summed E-state index contributed by atoms with van der Waals surface area (Å²) in [7, 11) is 4.20. The monoisotopic (exact) mass is 270 g/mol. The summed E-state index contributed by atoms with van der Waals surface area (Å²) in [4.78, 5) is 2.20. The van der Waals surface area contributed by atoms with Crippen LogP contribution in [0.25, 0.3) is 0 Å². The number of benzene rings is 2. The van der Waals surface area contributed by atoms with Crippen LogP contribution in [0.4, 0.5) is 0 Å². The first kappa shape index (κ1) is 16.4. The van der Waals surface area contributed by atoms with Gasteiger partial charge >= 0.3 is 0 Å². The number of hydrogen-bond donors (Lipinski definition) is 1. The largest absolute Gasteiger partial charge is 0.330 e. The van der Waals surface area contributed by atoms with Crippen LogP contribution in [0.2, 0.25) is 0 Å². The molecular weight excluding hydrogens is 244 g/mol. The molecule has 0 radical (unpaired) electrons. The maximum Gasteiger partial charge on any atom is 0.00157 e. The quantitative estimate of drug-likeness (QED) is 0.905. The molecule has 0 fully saturated rings. The summed E-state index contributed by atoms with van der Waals surface area (Å²) in [6.45, 7) is 1.87. The van der Waals surface area contributed by atoms with Crippen LogP contribution < -0.4 is 5.73 Å². The van der Waals surface area contributed by atoms with Gasteiger partial charge in [0.25, 0.3) is 0 Å². The molecule has 2 rings (SSSR count). The van der Waals surface area contributed by atoms with Crippen molar-refractivity contribution in [1.82, 2.24) is 4.90 Å². The summed E-state index contributed by atoms with van der Waals surface area (Å²) in [6, 6.07) is 20.8. The summed E-state index contributed by atoms with van der Waals surface area (Å²) in [6.07, 6.45) is 2.13. The van der Waals surface area contributed by atoms with Crippen LogP contribution in [0.5, 0.6) is 0 Å². The first-order chi connectivity index (χ1) is 9.72. The highest BCUT2D eigenvalue weighted by Gasteiger charge is 1.91. The molecular formula is C18H26N2. The van der Waals surface area contributed by atoms with Gasteiger partial charge in [-0.05, 0) is 44.6 Å². The van der Waals surface area contributed by atoms with Gasteiger partial charge in [-0.15, -0.1) is 0 Å². The lowest BCUT2D eigenvalue weighted by Gasteiger charge is -2.08. The molecule has 0 heterocycles. The Bertz CT molecular complexity index is 437. The van der Waals surface area contributed by atoms with Gasteiger partial charge in [-0.2, -0.15) is 0 Å². The molecule has 0 saturated carbocycles. The molecule has 2 aromatic rings. The average Bonchev–Trinajstić information content (AvgIpc) is 2.48. The Kier molecular flexibility index (Phi) is 8.36. The van der Waals surface area contributed by atoms with Crippen LogP contribution in [0.15, 0.2) is 60.7 Å². The van der Waals surface area contributed by atoms with Gasteiger partial charge in [0.2, 0.25) is 0 Å². The first-order valence-electron chi connectivity index (χ1n) is 7.15. The van der Waals surface area contributed by atoms with Gasteiger partial charge in [0.1, 0.15) is 0 Å². The molecule has 2 aromatic carbocycles. The summed E-state index contributed by atoms with van der Waals surface area (Å²) >= 11 is 0. The van der Waals surface area contributed by atoms with Crippen molar-refractivity contribution in [2.45, 2.75) is 12.8 Å². The zero-order valence-corrected chi connectivity index (χ0v) is 12.6. The minimum Gasteiger partial charge on any atom is -0.330 e. The fourth-order valence-electron chi connectivity index (χ4n) is 1.81. The molecule has 0 spiro atoms. The van der Waals surface area contributed by atoms with E-state index in [0.29, 0.717) is 0 Å². The van der Waals surface area contributed by atoms with Crippen LogP contribution in [0.3, 0.4) is 0 Å². The predicted molar refractivity (Wildman–Crippen MR) is 87.9 cm³/mol. The molecule has 2 nitrogen and oxygen atoms in total. The average molecular weight is 270 g/mol. The maximum atomic E-state index is 5.36. The van der Waals surface area contributed by atoms with Gasteiger partial charge in [-0.3, -0.25) is 0 Å². The van der Waals surface area contributed by atoms with Crippen molar-refractivity contribution in [2.75, 3.05) is 27.2 Å². The van der Waals surface area contributed by atoms with E-state index in [1.165, 1.54) is 11.1 Å². The van der Waals surface area contributed by atoms with Gasteiger partial charge in [0, 0.05) is 6.54 Å². The SMILES string of the molecule is CN(C)CCc1ccccc1.NCCc1ccccc1. The van der Waals surface area contributed by atoms with Crippen molar-refractivity contribution in [3.63, 3.8) is 0 Å². The van der Waals surface area contributed by atoms with E-state index in [1.807, 2.05) is 18.2 Å². The van der Waals surface area contributed by atoms with E-state index in [2.05, 4.69) is 61.5 Å². The minimum atomic E-state index is 0.740. The van der Waals surface area contributed by atoms with Gasteiger partial charge in [0.05, 0.1) is 0 Å². The lowest BCUT2D eigenvalue weighted by Crippen LogP contribution is -2.14. The molecule has 0 bridgehead atoms. The van der Waals surface area contributed by atoms with E-state index >= 15 is 0 Å². The number of likely N-dealkylation sites (N-methyl/N-ethyl adjacent to an activating group) is 1. The van der Waals surface area contributed by atoms with Crippen LogP contribution in [-0.4, -0.2) is 32.1 Å². The lowest BCUT2D eigenvalue weighted by atomic mass is 10.1. The lowest BCUT2D eigenvalue weighted by molar-refractivity contribution is 0.413. The normalized spacial score (nSPS) is 10.0. The Hall–Kier alpha value is -1.64. The Balaban J connectivity index is 0.000000204. The van der Waals surface area contributed by atoms with E-state index in [4.69, 9.17) is 5.73 Å². The predicted octanol–water partition coefficient (Wildman–Crippen LogP) is 2.98. The van der Waals surface area contributed by atoms with Gasteiger partial charge < -0.3 is 10.6 Å². The smallest absolute Gasteiger partial charge is 0.00157 e. The van der Waals surface area contributed by atoms with E-state index in [9.17, 15) is 0 Å². The minimum absolute atomic E-state index is 0.740. The number of nitrogens with zero attached hydrogens (tertiary/aromatic N) is 1. The van der Waals surface area contributed by atoms with Crippen molar-refractivity contribution in [2.24, 2.45) is 5.73 Å². The van der Waals surface area contributed by atoms with E-state index in [0.717, 1.165) is 25.9 Å². The fourth-order valence-corrected chi connectivity index (χ4v) is 1.81. The van der Waals surface area contributed by atoms with Crippen LogP contribution >= 0.6 is 0 Å². The summed E-state index contributed by atoms with van der Waals surface area (Å²) in [5, 5.41) is 0. The standard InChI is InChI=1S/C10H15N.C8H11N/c1-11(2)9-8-10-6-4-3-5-7-10;9-7-6-8-4-2-1-3-5-8/h3-7H,8-9H2,1-2H3;1-5H,6-7,9H2. The van der Waals surface area contributed by atoms with E-state index in [1.54, 1.807) is 0 Å². The first-order valence-corrected chi connectivity index (χ1v) is 7.15. The Labute approximate surface area is 123 Å². The van der Waals surface area contributed by atoms with Crippen LogP contribution in [-0.2, 0) is 12.8 Å². The molecule has 0 unspecified atom stereocenters. The number of rotatable bonds is 5. The van der Waals surface area contributed by atoms with Crippen molar-refractivity contribution in [3.8, 4) is 0 Å². The highest BCUT2D eigenvalue weighted by Crippen LogP contribution is 1.99. The van der Waals surface area contributed by atoms with Crippen LogP contribution in [0.1, 0.15) is 11.1 Å². The van der Waals surface area contributed by atoms with Crippen molar-refractivity contribution in [1.29, 1.82) is 0 Å². The number of nitrogens with two attached hydrogens (primary N) is 1. The third kappa shape index (κ3) is 7.72. The van der Waals surface area contributed by atoms with Crippen molar-refractivity contribution in [3.05, 3.63) is 71.8 Å². The molecule has 0 saturated heterocycles. The molecule has 0 aliphatic carbocycles. The molecule has 2 heteroatoms. The highest BCUT2D eigenvalue weighted by molar-refractivity contribution is 5.15. The Morgan fingerprint density at radius 1 is 0.750 bits per heavy atom. The Morgan fingerprint density at radius 2 is 1.20 bits per heavy atom. The summed E-state index contributed by atoms with van der Waals surface area (Å²) < 4.78 is 0.